The highest BCUT2D eigenvalue weighted by Gasteiger charge is 2.36. The van der Waals surface area contributed by atoms with Crippen molar-refractivity contribution < 1.29 is 18.7 Å². The quantitative estimate of drug-likeness (QED) is 0.763. The molecule has 1 aliphatic rings. The lowest BCUT2D eigenvalue weighted by atomic mass is 9.75. The Morgan fingerprint density at radius 3 is 2.68 bits per heavy atom. The third-order valence-corrected chi connectivity index (χ3v) is 3.09. The number of fused-ring (bicyclic) bond motifs is 1. The number of ketones is 1. The first kappa shape index (κ1) is 13.5. The molecule has 0 N–H and O–H groups in total. The summed E-state index contributed by atoms with van der Waals surface area (Å²) in [6.07, 6.45) is 0.774. The summed E-state index contributed by atoms with van der Waals surface area (Å²) in [5, 5.41) is 0. The molecule has 0 spiro atoms. The summed E-state index contributed by atoms with van der Waals surface area (Å²) in [7, 11) is 0. The van der Waals surface area contributed by atoms with Gasteiger partial charge in [-0.15, -0.1) is 0 Å². The van der Waals surface area contributed by atoms with Crippen LogP contribution in [0.1, 0.15) is 53.7 Å². The van der Waals surface area contributed by atoms with E-state index in [1.54, 1.807) is 6.92 Å². The molecule has 1 heterocycles. The Balaban J connectivity index is 2.60. The van der Waals surface area contributed by atoms with Crippen molar-refractivity contribution in [3.05, 3.63) is 33.4 Å². The van der Waals surface area contributed by atoms with Crippen LogP contribution in [0.25, 0.3) is 0 Å². The van der Waals surface area contributed by atoms with E-state index in [2.05, 4.69) is 0 Å². The summed E-state index contributed by atoms with van der Waals surface area (Å²) < 4.78 is 9.97. The van der Waals surface area contributed by atoms with Gasteiger partial charge in [-0.05, 0) is 12.3 Å². The first-order valence-electron chi connectivity index (χ1n) is 6.21. The summed E-state index contributed by atoms with van der Waals surface area (Å²) in [5.74, 6) is -0.547. The summed E-state index contributed by atoms with van der Waals surface area (Å²) in [6.45, 7) is 5.70. The fraction of sp³-hybridized carbons (Fsp3) is 0.500. The molecule has 0 bridgehead atoms. The van der Waals surface area contributed by atoms with Gasteiger partial charge < -0.3 is 9.15 Å². The van der Waals surface area contributed by atoms with Crippen molar-refractivity contribution in [1.82, 2.24) is 0 Å². The molecule has 0 saturated heterocycles. The van der Waals surface area contributed by atoms with Crippen molar-refractivity contribution in [2.75, 3.05) is 6.61 Å². The number of Topliss-reactive ketones (excluding diaryl/α,β-unsaturated/α-hetero) is 1. The molecular weight excluding hydrogens is 248 g/mol. The van der Waals surface area contributed by atoms with Crippen LogP contribution in [-0.2, 0) is 11.2 Å². The number of hydrogen-bond donors (Lipinski definition) is 0. The van der Waals surface area contributed by atoms with Crippen LogP contribution in [0.4, 0.5) is 0 Å². The van der Waals surface area contributed by atoms with E-state index in [0.29, 0.717) is 12.8 Å². The number of esters is 1. The maximum absolute atomic E-state index is 12.2. The predicted molar refractivity (Wildman–Crippen MR) is 67.4 cm³/mol. The van der Waals surface area contributed by atoms with Crippen LogP contribution in [-0.4, -0.2) is 18.4 Å². The second-order valence-electron chi connectivity index (χ2n) is 5.44. The van der Waals surface area contributed by atoms with Gasteiger partial charge in [0, 0.05) is 18.9 Å². The highest BCUT2D eigenvalue weighted by molar-refractivity contribution is 6.07. The van der Waals surface area contributed by atoms with Gasteiger partial charge in [-0.25, -0.2) is 9.59 Å². The standard InChI is InChI=1S/C14H16O5/c1-4-18-13(17)8-5-11(16)19-10-7-14(2,3)6-9(15)12(8)10/h5H,4,6-7H2,1-3H3. The first-order chi connectivity index (χ1) is 8.84. The average molecular weight is 264 g/mol. The Labute approximate surface area is 110 Å². The van der Waals surface area contributed by atoms with Crippen LogP contribution in [0.3, 0.4) is 0 Å². The molecular formula is C14H16O5. The molecule has 0 aliphatic heterocycles. The molecule has 0 fully saturated rings. The fourth-order valence-corrected chi connectivity index (χ4v) is 2.36. The number of hydrogen-bond acceptors (Lipinski definition) is 5. The summed E-state index contributed by atoms with van der Waals surface area (Å²) >= 11 is 0. The van der Waals surface area contributed by atoms with Crippen LogP contribution in [0, 0.1) is 5.41 Å². The maximum atomic E-state index is 12.2. The van der Waals surface area contributed by atoms with E-state index in [4.69, 9.17) is 9.15 Å². The van der Waals surface area contributed by atoms with Crippen molar-refractivity contribution in [3.63, 3.8) is 0 Å². The molecule has 1 aliphatic carbocycles. The van der Waals surface area contributed by atoms with E-state index in [1.165, 1.54) is 0 Å². The van der Waals surface area contributed by atoms with E-state index < -0.39 is 11.6 Å². The smallest absolute Gasteiger partial charge is 0.339 e. The molecule has 1 aromatic heterocycles. The van der Waals surface area contributed by atoms with Gasteiger partial charge in [-0.1, -0.05) is 13.8 Å². The van der Waals surface area contributed by atoms with Crippen molar-refractivity contribution in [3.8, 4) is 0 Å². The Bertz CT molecular complexity index is 594. The molecule has 0 unspecified atom stereocenters. The molecule has 1 aromatic rings. The largest absolute Gasteiger partial charge is 0.462 e. The Kier molecular flexibility index (Phi) is 3.30. The van der Waals surface area contributed by atoms with Gasteiger partial charge in [0.25, 0.3) is 0 Å². The average Bonchev–Trinajstić information content (AvgIpc) is 2.25. The lowest BCUT2D eigenvalue weighted by Crippen LogP contribution is -2.30. The molecule has 0 aromatic carbocycles. The van der Waals surface area contributed by atoms with E-state index in [1.807, 2.05) is 13.8 Å². The van der Waals surface area contributed by atoms with Crippen LogP contribution < -0.4 is 5.63 Å². The van der Waals surface area contributed by atoms with Crippen molar-refractivity contribution >= 4 is 11.8 Å². The van der Waals surface area contributed by atoms with Crippen molar-refractivity contribution in [2.45, 2.75) is 33.6 Å². The number of ether oxygens (including phenoxy) is 1. The topological polar surface area (TPSA) is 73.6 Å². The summed E-state index contributed by atoms with van der Waals surface area (Å²) in [4.78, 5) is 35.5. The minimum absolute atomic E-state index is 0.0219. The van der Waals surface area contributed by atoms with Gasteiger partial charge in [0.05, 0.1) is 17.7 Å². The van der Waals surface area contributed by atoms with Crippen LogP contribution in [0.5, 0.6) is 0 Å². The minimum Gasteiger partial charge on any atom is -0.462 e. The Hall–Kier alpha value is -1.91. The zero-order valence-corrected chi connectivity index (χ0v) is 11.2. The van der Waals surface area contributed by atoms with Gasteiger partial charge in [0.2, 0.25) is 0 Å². The van der Waals surface area contributed by atoms with Gasteiger partial charge in [0.1, 0.15) is 5.76 Å². The molecule has 19 heavy (non-hydrogen) atoms. The molecule has 0 saturated carbocycles. The van der Waals surface area contributed by atoms with Crippen LogP contribution >= 0.6 is 0 Å². The van der Waals surface area contributed by atoms with Crippen molar-refractivity contribution in [2.24, 2.45) is 5.41 Å². The Morgan fingerprint density at radius 1 is 1.37 bits per heavy atom. The number of carbonyl (C=O) groups is 2. The van der Waals surface area contributed by atoms with E-state index in [9.17, 15) is 14.4 Å². The molecule has 0 radical (unpaired) electrons. The van der Waals surface area contributed by atoms with E-state index in [0.717, 1.165) is 6.07 Å². The second kappa shape index (κ2) is 4.64. The molecule has 0 amide bonds. The maximum Gasteiger partial charge on any atom is 0.339 e. The minimum atomic E-state index is -0.653. The lowest BCUT2D eigenvalue weighted by molar-refractivity contribution is 0.0518. The van der Waals surface area contributed by atoms with Crippen LogP contribution in [0.2, 0.25) is 0 Å². The zero-order valence-electron chi connectivity index (χ0n) is 11.2. The molecule has 2 rings (SSSR count). The summed E-state index contributed by atoms with van der Waals surface area (Å²) in [5.41, 5.74) is -0.675. The summed E-state index contributed by atoms with van der Waals surface area (Å²) in [6, 6.07) is 1.03. The molecule has 5 nitrogen and oxygen atoms in total. The van der Waals surface area contributed by atoms with Gasteiger partial charge in [-0.2, -0.15) is 0 Å². The fourth-order valence-electron chi connectivity index (χ4n) is 2.36. The lowest BCUT2D eigenvalue weighted by Gasteiger charge is -2.29. The molecule has 0 atom stereocenters. The van der Waals surface area contributed by atoms with Crippen molar-refractivity contribution in [1.29, 1.82) is 0 Å². The highest BCUT2D eigenvalue weighted by atomic mass is 16.5. The Morgan fingerprint density at radius 2 is 2.05 bits per heavy atom. The van der Waals surface area contributed by atoms with Crippen LogP contribution in [0.15, 0.2) is 15.3 Å². The van der Waals surface area contributed by atoms with Gasteiger partial charge >= 0.3 is 11.6 Å². The third kappa shape index (κ3) is 2.59. The first-order valence-corrected chi connectivity index (χ1v) is 6.21. The van der Waals surface area contributed by atoms with E-state index in [-0.39, 0.29) is 34.7 Å². The number of carbonyl (C=O) groups excluding carboxylic acids is 2. The molecule has 5 heteroatoms. The second-order valence-corrected chi connectivity index (χ2v) is 5.44. The number of rotatable bonds is 2. The highest BCUT2D eigenvalue weighted by Crippen LogP contribution is 2.35. The van der Waals surface area contributed by atoms with Gasteiger partial charge in [-0.3, -0.25) is 4.79 Å². The predicted octanol–water partition coefficient (Wildman–Crippen LogP) is 1.97. The normalized spacial score (nSPS) is 16.9. The SMILES string of the molecule is CCOC(=O)c1cc(=O)oc2c1C(=O)CC(C)(C)C2. The van der Waals surface area contributed by atoms with Gasteiger partial charge in [0.15, 0.2) is 5.78 Å². The van der Waals surface area contributed by atoms with E-state index >= 15 is 0 Å². The monoisotopic (exact) mass is 264 g/mol. The molecule has 102 valence electrons. The zero-order chi connectivity index (χ0) is 14.2. The third-order valence-electron chi connectivity index (χ3n) is 3.09.